The van der Waals surface area contributed by atoms with E-state index in [1.165, 1.54) is 19.3 Å². The van der Waals surface area contributed by atoms with Crippen LogP contribution in [0.5, 0.6) is 0 Å². The second kappa shape index (κ2) is 5.17. The molecule has 17 heavy (non-hydrogen) atoms. The van der Waals surface area contributed by atoms with Crippen LogP contribution in [0.1, 0.15) is 42.1 Å². The maximum absolute atomic E-state index is 11.2. The first-order valence-electron chi connectivity index (χ1n) is 6.24. The van der Waals surface area contributed by atoms with Crippen LogP contribution < -0.4 is 0 Å². The number of benzene rings is 1. The quantitative estimate of drug-likeness (QED) is 0.741. The number of Topliss-reactive ketones (excluding diaryl/α,β-unsaturated/α-hetero) is 1. The first-order valence-corrected chi connectivity index (χ1v) is 6.24. The molecular weight excluding hydrogens is 210 g/mol. The molecule has 1 aliphatic rings. The Kier molecular flexibility index (Phi) is 3.62. The van der Waals surface area contributed by atoms with Gasteiger partial charge in [0.15, 0.2) is 5.78 Å². The number of carbonyl (C=O) groups is 1. The molecule has 0 aromatic heterocycles. The second-order valence-electron chi connectivity index (χ2n) is 4.63. The molecule has 0 unspecified atom stereocenters. The van der Waals surface area contributed by atoms with Crippen molar-refractivity contribution < 1.29 is 4.79 Å². The van der Waals surface area contributed by atoms with Crippen molar-refractivity contribution in [3.8, 4) is 0 Å². The lowest BCUT2D eigenvalue weighted by atomic mass is 10.0. The lowest BCUT2D eigenvalue weighted by Crippen LogP contribution is -2.27. The highest BCUT2D eigenvalue weighted by atomic mass is 16.1. The minimum atomic E-state index is 0.111. The van der Waals surface area contributed by atoms with E-state index in [1.54, 1.807) is 6.92 Å². The Morgan fingerprint density at radius 3 is 2.12 bits per heavy atom. The first kappa shape index (κ1) is 11.9. The summed E-state index contributed by atoms with van der Waals surface area (Å²) in [5.74, 6) is 0.111. The largest absolute Gasteiger partial charge is 0.372 e. The van der Waals surface area contributed by atoms with Gasteiger partial charge in [-0.05, 0) is 31.7 Å². The van der Waals surface area contributed by atoms with Crippen molar-refractivity contribution in [2.45, 2.75) is 26.2 Å². The number of carbonyl (C=O) groups excluding carboxylic acids is 1. The van der Waals surface area contributed by atoms with Gasteiger partial charge >= 0.3 is 0 Å². The topological polar surface area (TPSA) is 20.3 Å². The molecule has 0 radical (unpaired) electrons. The van der Waals surface area contributed by atoms with Gasteiger partial charge in [0.25, 0.3) is 0 Å². The van der Waals surface area contributed by atoms with Crippen LogP contribution in [0, 0.1) is 0 Å². The number of nitrogens with zero attached hydrogens (tertiary/aromatic N) is 1. The Labute approximate surface area is 103 Å². The van der Waals surface area contributed by atoms with Crippen LogP contribution in [0.3, 0.4) is 0 Å². The van der Waals surface area contributed by atoms with E-state index in [2.05, 4.69) is 11.5 Å². The highest BCUT2D eigenvalue weighted by Gasteiger charge is 2.13. The summed E-state index contributed by atoms with van der Waals surface area (Å²) in [6, 6.07) is 7.75. The molecule has 90 valence electrons. The third-order valence-electron chi connectivity index (χ3n) is 3.36. The molecule has 2 heteroatoms. The minimum Gasteiger partial charge on any atom is -0.372 e. The minimum absolute atomic E-state index is 0.111. The fourth-order valence-electron chi connectivity index (χ4n) is 2.24. The number of likely N-dealkylation sites (tertiary alicyclic amines) is 1. The van der Waals surface area contributed by atoms with Gasteiger partial charge in [0.05, 0.1) is 0 Å². The molecule has 1 heterocycles. The van der Waals surface area contributed by atoms with Crippen LogP contribution in [-0.4, -0.2) is 23.8 Å². The standard InChI is InChI=1S/C15H19NO/c1-12(16-10-4-3-5-11-16)14-6-8-15(9-7-14)13(2)17/h6-9H,1,3-5,10-11H2,2H3. The zero-order valence-corrected chi connectivity index (χ0v) is 10.4. The summed E-state index contributed by atoms with van der Waals surface area (Å²) >= 11 is 0. The number of rotatable bonds is 3. The van der Waals surface area contributed by atoms with Crippen molar-refractivity contribution in [3.05, 3.63) is 42.0 Å². The van der Waals surface area contributed by atoms with E-state index in [4.69, 9.17) is 0 Å². The van der Waals surface area contributed by atoms with Crippen molar-refractivity contribution in [1.82, 2.24) is 4.90 Å². The number of ketones is 1. The van der Waals surface area contributed by atoms with E-state index in [0.29, 0.717) is 0 Å². The normalized spacial score (nSPS) is 15.7. The fourth-order valence-corrected chi connectivity index (χ4v) is 2.24. The molecule has 1 aromatic rings. The smallest absolute Gasteiger partial charge is 0.159 e. The molecule has 0 atom stereocenters. The van der Waals surface area contributed by atoms with Gasteiger partial charge in [-0.15, -0.1) is 0 Å². The Balaban J connectivity index is 2.10. The zero-order valence-electron chi connectivity index (χ0n) is 10.4. The molecular formula is C15H19NO. The van der Waals surface area contributed by atoms with E-state index in [9.17, 15) is 4.79 Å². The molecule has 0 aliphatic carbocycles. The van der Waals surface area contributed by atoms with Crippen molar-refractivity contribution in [1.29, 1.82) is 0 Å². The third-order valence-corrected chi connectivity index (χ3v) is 3.36. The zero-order chi connectivity index (χ0) is 12.3. The van der Waals surface area contributed by atoms with E-state index in [0.717, 1.165) is 29.9 Å². The molecule has 0 N–H and O–H groups in total. The monoisotopic (exact) mass is 229 g/mol. The van der Waals surface area contributed by atoms with Gasteiger partial charge < -0.3 is 4.90 Å². The lowest BCUT2D eigenvalue weighted by molar-refractivity contribution is 0.101. The molecule has 0 saturated carbocycles. The summed E-state index contributed by atoms with van der Waals surface area (Å²) in [6.45, 7) is 7.96. The molecule has 1 aliphatic heterocycles. The third kappa shape index (κ3) is 2.76. The van der Waals surface area contributed by atoms with Crippen LogP contribution in [0.25, 0.3) is 5.70 Å². The molecule has 0 spiro atoms. The lowest BCUT2D eigenvalue weighted by Gasteiger charge is -2.30. The van der Waals surface area contributed by atoms with Gasteiger partial charge in [0, 0.05) is 24.4 Å². The maximum atomic E-state index is 11.2. The Bertz CT molecular complexity index is 413. The van der Waals surface area contributed by atoms with Crippen LogP contribution >= 0.6 is 0 Å². The highest BCUT2D eigenvalue weighted by molar-refractivity contribution is 5.94. The number of piperidine rings is 1. The molecule has 1 fully saturated rings. The molecule has 0 bridgehead atoms. The van der Waals surface area contributed by atoms with Crippen LogP contribution in [0.15, 0.2) is 30.8 Å². The van der Waals surface area contributed by atoms with E-state index < -0.39 is 0 Å². The molecule has 1 aromatic carbocycles. The summed E-state index contributed by atoms with van der Waals surface area (Å²) < 4.78 is 0. The fraction of sp³-hybridized carbons (Fsp3) is 0.400. The van der Waals surface area contributed by atoms with Crippen molar-refractivity contribution in [2.75, 3.05) is 13.1 Å². The van der Waals surface area contributed by atoms with Gasteiger partial charge in [-0.2, -0.15) is 0 Å². The highest BCUT2D eigenvalue weighted by Crippen LogP contribution is 2.22. The van der Waals surface area contributed by atoms with E-state index >= 15 is 0 Å². The summed E-state index contributed by atoms with van der Waals surface area (Å²) in [7, 11) is 0. The van der Waals surface area contributed by atoms with E-state index in [1.807, 2.05) is 24.3 Å². The molecule has 1 saturated heterocycles. The predicted octanol–water partition coefficient (Wildman–Crippen LogP) is 3.35. The Morgan fingerprint density at radius 2 is 1.59 bits per heavy atom. The summed E-state index contributed by atoms with van der Waals surface area (Å²) in [5, 5.41) is 0. The van der Waals surface area contributed by atoms with Gasteiger partial charge in [-0.25, -0.2) is 0 Å². The second-order valence-corrected chi connectivity index (χ2v) is 4.63. The summed E-state index contributed by atoms with van der Waals surface area (Å²) in [4.78, 5) is 13.5. The molecule has 2 rings (SSSR count). The van der Waals surface area contributed by atoms with Crippen molar-refractivity contribution >= 4 is 11.5 Å². The first-order chi connectivity index (χ1) is 8.18. The van der Waals surface area contributed by atoms with Crippen LogP contribution in [0.2, 0.25) is 0 Å². The summed E-state index contributed by atoms with van der Waals surface area (Å²) in [6.07, 6.45) is 3.84. The van der Waals surface area contributed by atoms with E-state index in [-0.39, 0.29) is 5.78 Å². The number of hydrogen-bond acceptors (Lipinski definition) is 2. The van der Waals surface area contributed by atoms with Gasteiger partial charge in [-0.3, -0.25) is 4.79 Å². The van der Waals surface area contributed by atoms with Crippen LogP contribution in [-0.2, 0) is 0 Å². The van der Waals surface area contributed by atoms with Gasteiger partial charge in [-0.1, -0.05) is 30.8 Å². The number of hydrogen-bond donors (Lipinski definition) is 0. The average molecular weight is 229 g/mol. The SMILES string of the molecule is C=C(c1ccc(C(C)=O)cc1)N1CCCCC1. The summed E-state index contributed by atoms with van der Waals surface area (Å²) in [5.41, 5.74) is 2.97. The molecule has 0 amide bonds. The van der Waals surface area contributed by atoms with Crippen LogP contribution in [0.4, 0.5) is 0 Å². The average Bonchev–Trinajstić information content (AvgIpc) is 2.39. The van der Waals surface area contributed by atoms with Gasteiger partial charge in [0.2, 0.25) is 0 Å². The van der Waals surface area contributed by atoms with Gasteiger partial charge in [0.1, 0.15) is 0 Å². The Hall–Kier alpha value is -1.57. The predicted molar refractivity (Wildman–Crippen MR) is 70.9 cm³/mol. The maximum Gasteiger partial charge on any atom is 0.159 e. The van der Waals surface area contributed by atoms with Crippen molar-refractivity contribution in [2.24, 2.45) is 0 Å². The Morgan fingerprint density at radius 1 is 1.06 bits per heavy atom. The molecule has 2 nitrogen and oxygen atoms in total. The van der Waals surface area contributed by atoms with Crippen molar-refractivity contribution in [3.63, 3.8) is 0 Å².